The van der Waals surface area contributed by atoms with Crippen LogP contribution in [0.4, 0.5) is 0 Å². The Morgan fingerprint density at radius 3 is 2.14 bits per heavy atom. The van der Waals surface area contributed by atoms with Crippen molar-refractivity contribution in [2.45, 2.75) is 26.5 Å². The van der Waals surface area contributed by atoms with Crippen LogP contribution in [0.1, 0.15) is 31.1 Å². The van der Waals surface area contributed by atoms with Crippen LogP contribution in [-0.4, -0.2) is 7.11 Å². The monoisotopic (exact) mass is 193 g/mol. The molecule has 14 heavy (non-hydrogen) atoms. The van der Waals surface area contributed by atoms with E-state index in [2.05, 4.69) is 38.1 Å². The molecule has 0 aliphatic carbocycles. The highest BCUT2D eigenvalue weighted by Gasteiger charge is 2.13. The molecule has 0 aliphatic rings. The van der Waals surface area contributed by atoms with Crippen LogP contribution in [-0.2, 0) is 11.3 Å². The average molecular weight is 193 g/mol. The van der Waals surface area contributed by atoms with Gasteiger partial charge in [0.2, 0.25) is 0 Å². The van der Waals surface area contributed by atoms with E-state index in [0.717, 1.165) is 5.56 Å². The van der Waals surface area contributed by atoms with E-state index in [1.165, 1.54) is 5.56 Å². The van der Waals surface area contributed by atoms with E-state index < -0.39 is 0 Å². The first-order valence-electron chi connectivity index (χ1n) is 5.00. The maximum Gasteiger partial charge on any atom is 0.0844 e. The van der Waals surface area contributed by atoms with Crippen LogP contribution in [0.2, 0.25) is 0 Å². The summed E-state index contributed by atoms with van der Waals surface area (Å²) in [7, 11) is 1.75. The fourth-order valence-electron chi connectivity index (χ4n) is 1.64. The number of hydrogen-bond acceptors (Lipinski definition) is 2. The van der Waals surface area contributed by atoms with E-state index in [-0.39, 0.29) is 6.10 Å². The zero-order valence-electron chi connectivity index (χ0n) is 9.16. The summed E-state index contributed by atoms with van der Waals surface area (Å²) in [6.45, 7) is 4.91. The van der Waals surface area contributed by atoms with Gasteiger partial charge in [-0.15, -0.1) is 0 Å². The van der Waals surface area contributed by atoms with Gasteiger partial charge in [-0.05, 0) is 17.0 Å². The van der Waals surface area contributed by atoms with E-state index in [9.17, 15) is 0 Å². The highest BCUT2D eigenvalue weighted by molar-refractivity contribution is 5.24. The number of hydrogen-bond donors (Lipinski definition) is 1. The van der Waals surface area contributed by atoms with Crippen molar-refractivity contribution in [3.05, 3.63) is 35.4 Å². The minimum Gasteiger partial charge on any atom is -0.376 e. The third-order valence-corrected chi connectivity index (χ3v) is 2.40. The highest BCUT2D eigenvalue weighted by Crippen LogP contribution is 2.24. The van der Waals surface area contributed by atoms with E-state index in [0.29, 0.717) is 12.5 Å². The quantitative estimate of drug-likeness (QED) is 0.797. The van der Waals surface area contributed by atoms with Gasteiger partial charge >= 0.3 is 0 Å². The normalized spacial score (nSPS) is 13.2. The Morgan fingerprint density at radius 2 is 1.79 bits per heavy atom. The molecule has 0 saturated carbocycles. The lowest BCUT2D eigenvalue weighted by atomic mass is 9.98. The molecule has 2 heteroatoms. The van der Waals surface area contributed by atoms with Gasteiger partial charge in [-0.25, -0.2) is 0 Å². The van der Waals surface area contributed by atoms with Crippen molar-refractivity contribution in [3.8, 4) is 0 Å². The topological polar surface area (TPSA) is 35.2 Å². The number of nitrogens with two attached hydrogens (primary N) is 1. The molecule has 0 unspecified atom stereocenters. The van der Waals surface area contributed by atoms with Crippen molar-refractivity contribution >= 4 is 0 Å². The van der Waals surface area contributed by atoms with Gasteiger partial charge in [0.25, 0.3) is 0 Å². The van der Waals surface area contributed by atoms with Gasteiger partial charge in [0.05, 0.1) is 6.10 Å². The predicted molar refractivity (Wildman–Crippen MR) is 58.9 cm³/mol. The van der Waals surface area contributed by atoms with Gasteiger partial charge < -0.3 is 10.5 Å². The summed E-state index contributed by atoms with van der Waals surface area (Å²) in [4.78, 5) is 0. The summed E-state index contributed by atoms with van der Waals surface area (Å²) in [6, 6.07) is 8.31. The zero-order chi connectivity index (χ0) is 10.6. The van der Waals surface area contributed by atoms with Gasteiger partial charge in [-0.1, -0.05) is 38.1 Å². The molecular weight excluding hydrogens is 174 g/mol. The molecule has 1 aromatic carbocycles. The van der Waals surface area contributed by atoms with Crippen LogP contribution >= 0.6 is 0 Å². The lowest BCUT2D eigenvalue weighted by Crippen LogP contribution is -2.09. The van der Waals surface area contributed by atoms with Gasteiger partial charge in [-0.2, -0.15) is 0 Å². The van der Waals surface area contributed by atoms with Crippen LogP contribution in [0.3, 0.4) is 0 Å². The molecule has 0 aliphatic heterocycles. The van der Waals surface area contributed by atoms with Crippen LogP contribution in [0.5, 0.6) is 0 Å². The molecule has 1 atom stereocenters. The lowest BCUT2D eigenvalue weighted by molar-refractivity contribution is 0.0646. The Kier molecular flexibility index (Phi) is 4.11. The largest absolute Gasteiger partial charge is 0.376 e. The van der Waals surface area contributed by atoms with E-state index in [1.807, 2.05) is 0 Å². The van der Waals surface area contributed by atoms with E-state index in [1.54, 1.807) is 7.11 Å². The molecule has 0 saturated heterocycles. The van der Waals surface area contributed by atoms with Gasteiger partial charge in [0, 0.05) is 13.7 Å². The fourth-order valence-corrected chi connectivity index (χ4v) is 1.64. The average Bonchev–Trinajstić information content (AvgIpc) is 2.19. The molecule has 0 spiro atoms. The Bertz CT molecular complexity index is 266. The number of ether oxygens (including phenoxy) is 1. The molecule has 2 N–H and O–H groups in total. The SMILES string of the molecule is CO[C@@H](c1ccc(CN)cc1)C(C)C. The zero-order valence-corrected chi connectivity index (χ0v) is 9.16. The molecule has 0 heterocycles. The first-order chi connectivity index (χ1) is 6.69. The molecule has 2 nitrogen and oxygen atoms in total. The smallest absolute Gasteiger partial charge is 0.0844 e. The molecule has 0 aromatic heterocycles. The summed E-state index contributed by atoms with van der Waals surface area (Å²) in [5, 5.41) is 0. The minimum atomic E-state index is 0.182. The van der Waals surface area contributed by atoms with Crippen molar-refractivity contribution in [1.82, 2.24) is 0 Å². The second-order valence-electron chi connectivity index (χ2n) is 3.85. The van der Waals surface area contributed by atoms with Crippen molar-refractivity contribution in [1.29, 1.82) is 0 Å². The number of benzene rings is 1. The number of methoxy groups -OCH3 is 1. The second-order valence-corrected chi connectivity index (χ2v) is 3.85. The first-order valence-corrected chi connectivity index (χ1v) is 5.00. The van der Waals surface area contributed by atoms with Crippen molar-refractivity contribution in [2.24, 2.45) is 11.7 Å². The van der Waals surface area contributed by atoms with Gasteiger partial charge in [0.15, 0.2) is 0 Å². The third kappa shape index (κ3) is 2.56. The Balaban J connectivity index is 2.84. The summed E-state index contributed by atoms with van der Waals surface area (Å²) in [6.07, 6.45) is 0.182. The predicted octanol–water partition coefficient (Wildman–Crippen LogP) is 2.49. The maximum atomic E-state index is 5.54. The molecule has 78 valence electrons. The molecule has 0 amide bonds. The summed E-state index contributed by atoms with van der Waals surface area (Å²) in [5.74, 6) is 0.490. The Morgan fingerprint density at radius 1 is 1.21 bits per heavy atom. The minimum absolute atomic E-state index is 0.182. The first kappa shape index (κ1) is 11.2. The molecule has 0 fully saturated rings. The molecule has 1 rings (SSSR count). The maximum absolute atomic E-state index is 5.54. The van der Waals surface area contributed by atoms with E-state index >= 15 is 0 Å². The summed E-state index contributed by atoms with van der Waals surface area (Å²) < 4.78 is 5.44. The molecular formula is C12H19NO. The standard InChI is InChI=1S/C12H19NO/c1-9(2)12(14-3)11-6-4-10(8-13)5-7-11/h4-7,9,12H,8,13H2,1-3H3/t12-/m1/s1. The lowest BCUT2D eigenvalue weighted by Gasteiger charge is -2.19. The van der Waals surface area contributed by atoms with Crippen molar-refractivity contribution in [2.75, 3.05) is 7.11 Å². The summed E-state index contributed by atoms with van der Waals surface area (Å²) >= 11 is 0. The molecule has 0 bridgehead atoms. The number of rotatable bonds is 4. The molecule has 0 radical (unpaired) electrons. The third-order valence-electron chi connectivity index (χ3n) is 2.40. The van der Waals surface area contributed by atoms with Crippen LogP contribution in [0.15, 0.2) is 24.3 Å². The second kappa shape index (κ2) is 5.13. The van der Waals surface area contributed by atoms with Gasteiger partial charge in [0.1, 0.15) is 0 Å². The van der Waals surface area contributed by atoms with Crippen molar-refractivity contribution < 1.29 is 4.74 Å². The fraction of sp³-hybridized carbons (Fsp3) is 0.500. The van der Waals surface area contributed by atoms with Crippen LogP contribution in [0, 0.1) is 5.92 Å². The Hall–Kier alpha value is -0.860. The van der Waals surface area contributed by atoms with Gasteiger partial charge in [-0.3, -0.25) is 0 Å². The Labute approximate surface area is 86.1 Å². The van der Waals surface area contributed by atoms with Crippen LogP contribution in [0.25, 0.3) is 0 Å². The van der Waals surface area contributed by atoms with E-state index in [4.69, 9.17) is 10.5 Å². The molecule has 1 aromatic rings. The summed E-state index contributed by atoms with van der Waals surface area (Å²) in [5.41, 5.74) is 7.92. The highest BCUT2D eigenvalue weighted by atomic mass is 16.5. The van der Waals surface area contributed by atoms with Crippen molar-refractivity contribution in [3.63, 3.8) is 0 Å². The van der Waals surface area contributed by atoms with Crippen LogP contribution < -0.4 is 5.73 Å².